The van der Waals surface area contributed by atoms with Crippen molar-refractivity contribution in [1.82, 2.24) is 0 Å². The molecule has 1 heterocycles. The van der Waals surface area contributed by atoms with Crippen LogP contribution in [0.25, 0.3) is 6.08 Å². The number of hydrogen-bond donors (Lipinski definition) is 0. The minimum absolute atomic E-state index is 0.180. The molecule has 3 nitrogen and oxygen atoms in total. The lowest BCUT2D eigenvalue weighted by Gasteiger charge is -2.09. The summed E-state index contributed by atoms with van der Waals surface area (Å²) in [5, 5.41) is 0. The molecule has 1 unspecified atom stereocenters. The van der Waals surface area contributed by atoms with E-state index >= 15 is 0 Å². The number of hydrogen-bond acceptors (Lipinski definition) is 3. The summed E-state index contributed by atoms with van der Waals surface area (Å²) in [6.45, 7) is 7.25. The molecular weight excluding hydrogens is 204 g/mol. The molecule has 16 heavy (non-hydrogen) atoms. The third-order valence-corrected chi connectivity index (χ3v) is 2.57. The van der Waals surface area contributed by atoms with Crippen molar-refractivity contribution in [3.05, 3.63) is 54.1 Å². The summed E-state index contributed by atoms with van der Waals surface area (Å²) in [7, 11) is 0. The van der Waals surface area contributed by atoms with Gasteiger partial charge in [0.05, 0.1) is 0 Å². The van der Waals surface area contributed by atoms with Gasteiger partial charge in [-0.2, -0.15) is 0 Å². The fraction of sp³-hybridized carbons (Fsp3) is 0.0769. The van der Waals surface area contributed by atoms with Crippen LogP contribution in [0.4, 0.5) is 0 Å². The van der Waals surface area contributed by atoms with E-state index in [4.69, 9.17) is 0 Å². The van der Waals surface area contributed by atoms with Crippen LogP contribution >= 0.6 is 0 Å². The fourth-order valence-corrected chi connectivity index (χ4v) is 1.75. The van der Waals surface area contributed by atoms with Gasteiger partial charge in [-0.1, -0.05) is 43.5 Å². The van der Waals surface area contributed by atoms with Gasteiger partial charge in [0.2, 0.25) is 0 Å². The molecule has 1 aromatic carbocycles. The van der Waals surface area contributed by atoms with E-state index in [1.54, 1.807) is 18.2 Å². The van der Waals surface area contributed by atoms with Crippen molar-refractivity contribution in [2.75, 3.05) is 0 Å². The minimum Gasteiger partial charge on any atom is -0.389 e. The van der Waals surface area contributed by atoms with Crippen molar-refractivity contribution in [3.8, 4) is 0 Å². The number of carbonyl (C=O) groups is 2. The SMILES string of the molecule is C=Cc1ccccc1C1C(=C)C(=O)OC1=O. The molecule has 2 rings (SSSR count). The molecule has 1 fully saturated rings. The highest BCUT2D eigenvalue weighted by Gasteiger charge is 2.39. The van der Waals surface area contributed by atoms with Crippen LogP contribution in [0, 0.1) is 0 Å². The predicted octanol–water partition coefficient (Wildman–Crippen LogP) is 2.05. The number of carbonyl (C=O) groups excluding carboxylic acids is 2. The van der Waals surface area contributed by atoms with Gasteiger partial charge in [-0.15, -0.1) is 0 Å². The Labute approximate surface area is 93.0 Å². The molecule has 0 aliphatic carbocycles. The number of rotatable bonds is 2. The summed E-state index contributed by atoms with van der Waals surface area (Å²) in [6, 6.07) is 7.23. The van der Waals surface area contributed by atoms with Gasteiger partial charge in [0.15, 0.2) is 0 Å². The van der Waals surface area contributed by atoms with Crippen molar-refractivity contribution in [1.29, 1.82) is 0 Å². The van der Waals surface area contributed by atoms with Crippen LogP contribution in [0.15, 0.2) is 43.0 Å². The third kappa shape index (κ3) is 1.46. The molecule has 0 saturated carbocycles. The lowest BCUT2D eigenvalue weighted by Crippen LogP contribution is -2.08. The van der Waals surface area contributed by atoms with Crippen LogP contribution in [0.5, 0.6) is 0 Å². The average Bonchev–Trinajstić information content (AvgIpc) is 2.53. The minimum atomic E-state index is -0.693. The van der Waals surface area contributed by atoms with Crippen molar-refractivity contribution < 1.29 is 14.3 Å². The summed E-state index contributed by atoms with van der Waals surface area (Å²) < 4.78 is 4.53. The Hall–Kier alpha value is -2.16. The summed E-state index contributed by atoms with van der Waals surface area (Å²) >= 11 is 0. The van der Waals surface area contributed by atoms with Gasteiger partial charge in [-0.25, -0.2) is 4.79 Å². The molecule has 0 N–H and O–H groups in total. The quantitative estimate of drug-likeness (QED) is 0.430. The van der Waals surface area contributed by atoms with Gasteiger partial charge < -0.3 is 4.74 Å². The Morgan fingerprint density at radius 2 is 1.94 bits per heavy atom. The number of benzene rings is 1. The lowest BCUT2D eigenvalue weighted by molar-refractivity contribution is -0.151. The highest BCUT2D eigenvalue weighted by Crippen LogP contribution is 2.33. The Kier molecular flexibility index (Phi) is 2.44. The van der Waals surface area contributed by atoms with Crippen LogP contribution in [-0.4, -0.2) is 11.9 Å². The zero-order chi connectivity index (χ0) is 11.7. The first-order chi connectivity index (χ1) is 7.65. The largest absolute Gasteiger partial charge is 0.389 e. The van der Waals surface area contributed by atoms with E-state index < -0.39 is 17.9 Å². The molecule has 1 aromatic rings. The van der Waals surface area contributed by atoms with Crippen LogP contribution in [-0.2, 0) is 14.3 Å². The highest BCUT2D eigenvalue weighted by atomic mass is 16.6. The second-order valence-electron chi connectivity index (χ2n) is 3.50. The molecule has 3 heteroatoms. The fourth-order valence-electron chi connectivity index (χ4n) is 1.75. The highest BCUT2D eigenvalue weighted by molar-refractivity contribution is 6.10. The molecule has 80 valence electrons. The maximum atomic E-state index is 11.5. The first-order valence-electron chi connectivity index (χ1n) is 4.81. The molecule has 0 aromatic heterocycles. The predicted molar refractivity (Wildman–Crippen MR) is 59.5 cm³/mol. The Morgan fingerprint density at radius 1 is 1.25 bits per heavy atom. The molecule has 1 aliphatic rings. The van der Waals surface area contributed by atoms with Crippen molar-refractivity contribution >= 4 is 18.0 Å². The van der Waals surface area contributed by atoms with Gasteiger partial charge >= 0.3 is 11.9 Å². The maximum absolute atomic E-state index is 11.5. The number of ether oxygens (including phenoxy) is 1. The first-order valence-corrected chi connectivity index (χ1v) is 4.81. The zero-order valence-corrected chi connectivity index (χ0v) is 8.60. The number of cyclic esters (lactones) is 2. The second-order valence-corrected chi connectivity index (χ2v) is 3.50. The van der Waals surface area contributed by atoms with Gasteiger partial charge in [0.25, 0.3) is 0 Å². The van der Waals surface area contributed by atoms with E-state index in [2.05, 4.69) is 17.9 Å². The molecule has 0 spiro atoms. The van der Waals surface area contributed by atoms with Crippen molar-refractivity contribution in [2.24, 2.45) is 0 Å². The Morgan fingerprint density at radius 3 is 2.50 bits per heavy atom. The van der Waals surface area contributed by atoms with Crippen LogP contribution in [0.2, 0.25) is 0 Å². The van der Waals surface area contributed by atoms with Gasteiger partial charge in [-0.05, 0) is 11.1 Å². The maximum Gasteiger partial charge on any atom is 0.342 e. The topological polar surface area (TPSA) is 43.4 Å². The summed E-state index contributed by atoms with van der Waals surface area (Å²) in [5.74, 6) is -1.90. The second kappa shape index (κ2) is 3.77. The van der Waals surface area contributed by atoms with E-state index in [1.807, 2.05) is 12.1 Å². The standard InChI is InChI=1S/C13H10O3/c1-3-9-6-4-5-7-10(9)11-8(2)12(14)16-13(11)15/h3-7,11H,1-2H2. The Bertz CT molecular complexity index is 500. The summed E-state index contributed by atoms with van der Waals surface area (Å²) in [5.41, 5.74) is 1.69. The van der Waals surface area contributed by atoms with Gasteiger partial charge in [-0.3, -0.25) is 4.79 Å². The van der Waals surface area contributed by atoms with Crippen molar-refractivity contribution in [3.63, 3.8) is 0 Å². The molecular formula is C13H10O3. The Balaban J connectivity index is 2.52. The van der Waals surface area contributed by atoms with Gasteiger partial charge in [0, 0.05) is 5.57 Å². The third-order valence-electron chi connectivity index (χ3n) is 2.57. The lowest BCUT2D eigenvalue weighted by atomic mass is 9.90. The molecule has 0 radical (unpaired) electrons. The molecule has 1 atom stereocenters. The molecule has 0 bridgehead atoms. The first kappa shape index (κ1) is 10.4. The molecule has 1 aliphatic heterocycles. The molecule has 1 saturated heterocycles. The smallest absolute Gasteiger partial charge is 0.342 e. The normalized spacial score (nSPS) is 19.8. The van der Waals surface area contributed by atoms with Crippen molar-refractivity contribution in [2.45, 2.75) is 5.92 Å². The average molecular weight is 214 g/mol. The van der Waals surface area contributed by atoms with Crippen LogP contribution < -0.4 is 0 Å². The summed E-state index contributed by atoms with van der Waals surface area (Å²) in [4.78, 5) is 22.7. The van der Waals surface area contributed by atoms with Crippen LogP contribution in [0.3, 0.4) is 0 Å². The zero-order valence-electron chi connectivity index (χ0n) is 8.60. The van der Waals surface area contributed by atoms with E-state index in [0.717, 1.165) is 5.56 Å². The van der Waals surface area contributed by atoms with E-state index in [9.17, 15) is 9.59 Å². The van der Waals surface area contributed by atoms with E-state index in [-0.39, 0.29) is 5.57 Å². The van der Waals surface area contributed by atoms with E-state index in [1.165, 1.54) is 0 Å². The van der Waals surface area contributed by atoms with Crippen LogP contribution in [0.1, 0.15) is 17.0 Å². The summed E-state index contributed by atoms with van der Waals surface area (Å²) in [6.07, 6.45) is 1.64. The molecule has 0 amide bonds. The van der Waals surface area contributed by atoms with E-state index in [0.29, 0.717) is 5.56 Å². The van der Waals surface area contributed by atoms with Gasteiger partial charge in [0.1, 0.15) is 5.92 Å². The monoisotopic (exact) mass is 214 g/mol. The number of esters is 2.